The Morgan fingerprint density at radius 3 is 1.40 bits per heavy atom. The first-order valence-corrected chi connectivity index (χ1v) is 26.5. The highest BCUT2D eigenvalue weighted by atomic mass is 32.2. The number of benzene rings is 5. The summed E-state index contributed by atoms with van der Waals surface area (Å²) in [7, 11) is -8.57. The first kappa shape index (κ1) is 52.9. The number of unbranched alkanes of at least 4 members (excludes halogenated alkanes) is 4. The van der Waals surface area contributed by atoms with Crippen LogP contribution in [-0.4, -0.2) is 82.6 Å². The number of aromatic carboxylic acids is 2. The summed E-state index contributed by atoms with van der Waals surface area (Å²) >= 11 is 0. The van der Waals surface area contributed by atoms with Gasteiger partial charge in [0.15, 0.2) is 11.5 Å². The predicted molar refractivity (Wildman–Crippen MR) is 269 cm³/mol. The number of nitrogens with zero attached hydrogens (tertiary/aromatic N) is 3. The molecule has 3 N–H and O–H groups in total. The minimum Gasteiger partial charge on any atom is -0.478 e. The lowest BCUT2D eigenvalue weighted by Gasteiger charge is -2.29. The number of carbonyl (C=O) groups is 2. The molecule has 5 rings (SSSR count). The first-order chi connectivity index (χ1) is 32.7. The summed E-state index contributed by atoms with van der Waals surface area (Å²) in [6.07, 6.45) is 6.97. The average Bonchev–Trinajstić information content (AvgIpc) is 3.32. The van der Waals surface area contributed by atoms with Crippen LogP contribution < -0.4 is 24.0 Å². The summed E-state index contributed by atoms with van der Waals surface area (Å²) in [6.45, 7) is 12.2. The molecule has 68 heavy (non-hydrogen) atoms. The van der Waals surface area contributed by atoms with E-state index in [2.05, 4.69) is 18.6 Å². The maximum Gasteiger partial charge on any atom is 0.335 e. The van der Waals surface area contributed by atoms with Gasteiger partial charge >= 0.3 is 11.9 Å². The predicted octanol–water partition coefficient (Wildman–Crippen LogP) is 11.5. The highest BCUT2D eigenvalue weighted by molar-refractivity contribution is 7.92. The minimum atomic E-state index is -4.40. The quantitative estimate of drug-likeness (QED) is 0.0386. The average molecular weight is 971 g/mol. The van der Waals surface area contributed by atoms with Gasteiger partial charge in [-0.15, -0.1) is 0 Å². The molecule has 0 saturated carbocycles. The summed E-state index contributed by atoms with van der Waals surface area (Å²) in [6, 6.07) is 29.9. The molecular formula is C52H66N4O10S2. The fraction of sp³-hybridized carbons (Fsp3) is 0.385. The molecule has 0 spiro atoms. The number of rotatable bonds is 29. The standard InChI is InChI=1S/C52H66N4O10S2/c1-6-11-31-54(32-12-7-2)45-35-40(51(57)58)37-47(49(45)65-43-23-16-14-17-24-43)67(61,62)53-42-29-27-39(28-30-42)22-20-21-34-55(33-13-8-3)46-36-41(52(59)60)38-48(68(63,64)56(9-4)10-5)50(46)66-44-25-18-15-19-26-44/h14-19,23-30,35-38,53H,6-13,20-22,31-34H2,1-5H3,(H,57,58)(H,59,60). The number of nitrogens with one attached hydrogen (secondary N) is 1. The molecule has 0 aromatic heterocycles. The maximum atomic E-state index is 14.4. The van der Waals surface area contributed by atoms with E-state index < -0.39 is 32.0 Å². The molecule has 16 heteroatoms. The van der Waals surface area contributed by atoms with Crippen LogP contribution in [0.3, 0.4) is 0 Å². The zero-order valence-corrected chi connectivity index (χ0v) is 41.5. The Morgan fingerprint density at radius 2 is 0.971 bits per heavy atom. The molecule has 0 saturated heterocycles. The van der Waals surface area contributed by atoms with Gasteiger partial charge in [0.2, 0.25) is 10.0 Å². The van der Waals surface area contributed by atoms with Crippen molar-refractivity contribution in [3.63, 3.8) is 0 Å². The largest absolute Gasteiger partial charge is 0.478 e. The summed E-state index contributed by atoms with van der Waals surface area (Å²) in [4.78, 5) is 28.5. The van der Waals surface area contributed by atoms with Crippen LogP contribution in [0.25, 0.3) is 0 Å². The summed E-state index contributed by atoms with van der Waals surface area (Å²) in [5, 5.41) is 20.4. The molecule has 0 heterocycles. The van der Waals surface area contributed by atoms with Crippen molar-refractivity contribution in [2.45, 2.75) is 102 Å². The van der Waals surface area contributed by atoms with E-state index in [1.165, 1.54) is 22.5 Å². The Morgan fingerprint density at radius 1 is 0.544 bits per heavy atom. The van der Waals surface area contributed by atoms with Crippen molar-refractivity contribution < 1.29 is 46.1 Å². The zero-order valence-electron chi connectivity index (χ0n) is 39.8. The molecule has 5 aromatic carbocycles. The third-order valence-corrected chi connectivity index (χ3v) is 14.9. The van der Waals surface area contributed by atoms with Crippen molar-refractivity contribution in [2.24, 2.45) is 0 Å². The third-order valence-electron chi connectivity index (χ3n) is 11.5. The number of carboxylic acids is 2. The normalized spacial score (nSPS) is 11.6. The van der Waals surface area contributed by atoms with Crippen molar-refractivity contribution in [2.75, 3.05) is 53.8 Å². The molecule has 366 valence electrons. The third kappa shape index (κ3) is 14.0. The lowest BCUT2D eigenvalue weighted by Crippen LogP contribution is -2.32. The lowest BCUT2D eigenvalue weighted by atomic mass is 10.1. The Labute approximate surface area is 402 Å². The van der Waals surface area contributed by atoms with E-state index >= 15 is 0 Å². The smallest absolute Gasteiger partial charge is 0.335 e. The molecule has 0 aliphatic heterocycles. The second kappa shape index (κ2) is 25.3. The fourth-order valence-electron chi connectivity index (χ4n) is 7.74. The van der Waals surface area contributed by atoms with Crippen LogP contribution in [0.4, 0.5) is 17.1 Å². The van der Waals surface area contributed by atoms with Crippen molar-refractivity contribution in [1.82, 2.24) is 4.31 Å². The number of sulfonamides is 2. The molecule has 5 aromatic rings. The van der Waals surface area contributed by atoms with E-state index in [0.29, 0.717) is 68.3 Å². The van der Waals surface area contributed by atoms with Gasteiger partial charge in [0, 0.05) is 45.0 Å². The number of ether oxygens (including phenoxy) is 2. The molecule has 0 unspecified atom stereocenters. The summed E-state index contributed by atoms with van der Waals surface area (Å²) in [5.74, 6) is -1.60. The first-order valence-electron chi connectivity index (χ1n) is 23.6. The fourth-order valence-corrected chi connectivity index (χ4v) is 10.6. The highest BCUT2D eigenvalue weighted by Crippen LogP contribution is 2.43. The molecule has 0 fully saturated rings. The summed E-state index contributed by atoms with van der Waals surface area (Å²) in [5.41, 5.74) is 1.63. The van der Waals surface area contributed by atoms with E-state index in [4.69, 9.17) is 9.47 Å². The van der Waals surface area contributed by atoms with Crippen molar-refractivity contribution in [3.05, 3.63) is 126 Å². The Kier molecular flexibility index (Phi) is 19.7. The van der Waals surface area contributed by atoms with Crippen LogP contribution in [-0.2, 0) is 26.5 Å². The van der Waals surface area contributed by atoms with Crippen LogP contribution in [0.2, 0.25) is 0 Å². The monoisotopic (exact) mass is 970 g/mol. The number of aryl methyl sites for hydroxylation is 1. The van der Waals surface area contributed by atoms with E-state index in [0.717, 1.165) is 50.2 Å². The maximum absolute atomic E-state index is 14.4. The van der Waals surface area contributed by atoms with E-state index in [1.807, 2.05) is 41.0 Å². The Bertz CT molecular complexity index is 2640. The van der Waals surface area contributed by atoms with Crippen LogP contribution >= 0.6 is 0 Å². The van der Waals surface area contributed by atoms with Crippen LogP contribution in [0.1, 0.15) is 112 Å². The van der Waals surface area contributed by atoms with Gasteiger partial charge in [-0.05, 0) is 105 Å². The molecule has 0 aliphatic carbocycles. The van der Waals surface area contributed by atoms with Gasteiger partial charge in [0.1, 0.15) is 21.3 Å². The van der Waals surface area contributed by atoms with Gasteiger partial charge in [-0.2, -0.15) is 4.31 Å². The van der Waals surface area contributed by atoms with Gasteiger partial charge < -0.3 is 29.5 Å². The molecule has 0 aliphatic rings. The minimum absolute atomic E-state index is 0.0423. The highest BCUT2D eigenvalue weighted by Gasteiger charge is 2.32. The van der Waals surface area contributed by atoms with Crippen LogP contribution in [0.15, 0.2) is 119 Å². The molecular weight excluding hydrogens is 905 g/mol. The SMILES string of the molecule is CCCCN(CCCC)c1cc(C(=O)O)cc(S(=O)(=O)Nc2ccc(CCCCN(CCCC)c3cc(C(=O)O)cc(S(=O)(=O)N(CC)CC)c3Oc3ccccc3)cc2)c1Oc1ccccc1. The van der Waals surface area contributed by atoms with Crippen molar-refractivity contribution >= 4 is 49.0 Å². The molecule has 0 radical (unpaired) electrons. The molecule has 0 amide bonds. The van der Waals surface area contributed by atoms with Crippen LogP contribution in [0.5, 0.6) is 23.0 Å². The second-order valence-electron chi connectivity index (χ2n) is 16.5. The zero-order chi connectivity index (χ0) is 49.3. The Hall–Kier alpha value is -6.10. The Balaban J connectivity index is 1.41. The van der Waals surface area contributed by atoms with Gasteiger partial charge in [-0.3, -0.25) is 4.72 Å². The molecule has 0 atom stereocenters. The number of hydrogen-bond acceptors (Lipinski definition) is 10. The van der Waals surface area contributed by atoms with Crippen LogP contribution in [0, 0.1) is 0 Å². The van der Waals surface area contributed by atoms with Gasteiger partial charge in [-0.1, -0.05) is 102 Å². The number of hydrogen-bond donors (Lipinski definition) is 3. The van der Waals surface area contributed by atoms with E-state index in [9.17, 15) is 36.6 Å². The number of anilines is 3. The molecule has 0 bridgehead atoms. The van der Waals surface area contributed by atoms with Gasteiger partial charge in [-0.25, -0.2) is 26.4 Å². The summed E-state index contributed by atoms with van der Waals surface area (Å²) < 4.78 is 73.7. The van der Waals surface area contributed by atoms with Gasteiger partial charge in [0.25, 0.3) is 10.0 Å². The van der Waals surface area contributed by atoms with Crippen molar-refractivity contribution in [3.8, 4) is 23.0 Å². The topological polar surface area (TPSA) is 183 Å². The van der Waals surface area contributed by atoms with E-state index in [-0.39, 0.29) is 51.2 Å². The number of para-hydroxylation sites is 2. The lowest BCUT2D eigenvalue weighted by molar-refractivity contribution is 0.0685. The second-order valence-corrected chi connectivity index (χ2v) is 20.0. The van der Waals surface area contributed by atoms with Gasteiger partial charge in [0.05, 0.1) is 22.5 Å². The van der Waals surface area contributed by atoms with E-state index in [1.54, 1.807) is 74.5 Å². The number of carboxylic acid groups (broad SMARTS) is 2. The molecule has 14 nitrogen and oxygen atoms in total. The van der Waals surface area contributed by atoms with Crippen molar-refractivity contribution in [1.29, 1.82) is 0 Å².